The third-order valence-electron chi connectivity index (χ3n) is 4.98. The summed E-state index contributed by atoms with van der Waals surface area (Å²) in [6.45, 7) is 1.82. The summed E-state index contributed by atoms with van der Waals surface area (Å²) in [5.74, 6) is -1.60. The number of benzene rings is 3. The van der Waals surface area contributed by atoms with E-state index in [1.807, 2.05) is 6.92 Å². The van der Waals surface area contributed by atoms with Gasteiger partial charge in [0.25, 0.3) is 17.7 Å². The van der Waals surface area contributed by atoms with Crippen molar-refractivity contribution in [3.63, 3.8) is 0 Å². The standard InChI is InChI=1S/C24H16Cl3N3O3/c1-13-6-11-16(12-18(13)26)30-23(32)20(27)21(24(30)33)28-15-9-7-14(8-10-15)22(31)29-19-5-3-2-4-17(19)25/h2-12,28H,1H3,(H,29,31). The van der Waals surface area contributed by atoms with Crippen LogP contribution in [0.1, 0.15) is 15.9 Å². The first-order valence-corrected chi connectivity index (χ1v) is 10.9. The molecule has 3 aromatic rings. The third-order valence-corrected chi connectivity index (χ3v) is 6.07. The minimum absolute atomic E-state index is 0.0633. The van der Waals surface area contributed by atoms with E-state index in [0.29, 0.717) is 32.7 Å². The second kappa shape index (κ2) is 9.27. The summed E-state index contributed by atoms with van der Waals surface area (Å²) in [6, 6.07) is 18.1. The molecule has 1 aliphatic heterocycles. The quantitative estimate of drug-likeness (QED) is 0.422. The summed E-state index contributed by atoms with van der Waals surface area (Å²) < 4.78 is 0. The molecule has 0 aliphatic carbocycles. The molecule has 1 aliphatic rings. The van der Waals surface area contributed by atoms with Crippen molar-refractivity contribution < 1.29 is 14.4 Å². The van der Waals surface area contributed by atoms with Crippen LogP contribution < -0.4 is 15.5 Å². The first-order valence-electron chi connectivity index (χ1n) is 9.74. The summed E-state index contributed by atoms with van der Waals surface area (Å²) in [5.41, 5.74) is 2.42. The number of anilines is 3. The molecule has 33 heavy (non-hydrogen) atoms. The molecule has 4 rings (SSSR count). The number of nitrogens with one attached hydrogen (secondary N) is 2. The fourth-order valence-corrected chi connectivity index (χ4v) is 3.74. The van der Waals surface area contributed by atoms with E-state index in [9.17, 15) is 14.4 Å². The van der Waals surface area contributed by atoms with Gasteiger partial charge in [-0.05, 0) is 61.0 Å². The smallest absolute Gasteiger partial charge is 0.283 e. The SMILES string of the molecule is Cc1ccc(N2C(=O)C(Cl)=C(Nc3ccc(C(=O)Nc4ccccc4Cl)cc3)C2=O)cc1Cl. The van der Waals surface area contributed by atoms with Gasteiger partial charge in [0.15, 0.2) is 0 Å². The van der Waals surface area contributed by atoms with Gasteiger partial charge in [-0.25, -0.2) is 4.90 Å². The Morgan fingerprint density at radius 1 is 0.848 bits per heavy atom. The minimum atomic E-state index is -0.653. The molecule has 0 radical (unpaired) electrons. The molecule has 0 fully saturated rings. The number of carbonyl (C=O) groups is 3. The van der Waals surface area contributed by atoms with E-state index in [1.54, 1.807) is 60.7 Å². The predicted octanol–water partition coefficient (Wildman–Crippen LogP) is 5.99. The second-order valence-corrected chi connectivity index (χ2v) is 8.40. The number of para-hydroxylation sites is 1. The maximum atomic E-state index is 12.9. The van der Waals surface area contributed by atoms with Gasteiger partial charge in [-0.2, -0.15) is 0 Å². The Bertz CT molecular complexity index is 1320. The summed E-state index contributed by atoms with van der Waals surface area (Å²) in [6.07, 6.45) is 0. The second-order valence-electron chi connectivity index (χ2n) is 7.20. The summed E-state index contributed by atoms with van der Waals surface area (Å²) in [4.78, 5) is 39.0. The number of nitrogens with zero attached hydrogens (tertiary/aromatic N) is 1. The Labute approximate surface area is 204 Å². The van der Waals surface area contributed by atoms with Gasteiger partial charge in [0, 0.05) is 16.3 Å². The van der Waals surface area contributed by atoms with E-state index >= 15 is 0 Å². The number of rotatable bonds is 5. The molecule has 6 nitrogen and oxygen atoms in total. The minimum Gasteiger partial charge on any atom is -0.350 e. The van der Waals surface area contributed by atoms with Gasteiger partial charge >= 0.3 is 0 Å². The van der Waals surface area contributed by atoms with Gasteiger partial charge in [-0.1, -0.05) is 53.0 Å². The fraction of sp³-hybridized carbons (Fsp3) is 0.0417. The molecule has 2 N–H and O–H groups in total. The Morgan fingerprint density at radius 2 is 1.55 bits per heavy atom. The van der Waals surface area contributed by atoms with Gasteiger partial charge in [-0.3, -0.25) is 14.4 Å². The number of imide groups is 1. The van der Waals surface area contributed by atoms with Crippen LogP contribution in [-0.4, -0.2) is 17.7 Å². The first-order chi connectivity index (χ1) is 15.8. The Balaban J connectivity index is 1.50. The van der Waals surface area contributed by atoms with Crippen molar-refractivity contribution in [2.75, 3.05) is 15.5 Å². The first kappa shape index (κ1) is 22.9. The van der Waals surface area contributed by atoms with E-state index < -0.39 is 11.8 Å². The van der Waals surface area contributed by atoms with E-state index in [1.165, 1.54) is 6.07 Å². The zero-order valence-electron chi connectivity index (χ0n) is 17.2. The van der Waals surface area contributed by atoms with E-state index in [2.05, 4.69) is 10.6 Å². The highest BCUT2D eigenvalue weighted by Gasteiger charge is 2.39. The monoisotopic (exact) mass is 499 g/mol. The van der Waals surface area contributed by atoms with Crippen LogP contribution in [0.15, 0.2) is 77.5 Å². The molecule has 166 valence electrons. The van der Waals surface area contributed by atoms with E-state index in [-0.39, 0.29) is 16.6 Å². The average molecular weight is 501 g/mol. The molecule has 3 aromatic carbocycles. The van der Waals surface area contributed by atoms with Crippen molar-refractivity contribution >= 4 is 69.6 Å². The van der Waals surface area contributed by atoms with Crippen LogP contribution in [0.4, 0.5) is 17.1 Å². The molecule has 0 atom stereocenters. The van der Waals surface area contributed by atoms with Crippen molar-refractivity contribution in [2.45, 2.75) is 6.92 Å². The lowest BCUT2D eigenvalue weighted by atomic mass is 10.2. The molecule has 1 heterocycles. The van der Waals surface area contributed by atoms with Gasteiger partial charge in [0.05, 0.1) is 16.4 Å². The van der Waals surface area contributed by atoms with Gasteiger partial charge in [0.2, 0.25) is 0 Å². The molecular formula is C24H16Cl3N3O3. The van der Waals surface area contributed by atoms with Crippen molar-refractivity contribution in [3.05, 3.63) is 98.6 Å². The highest BCUT2D eigenvalue weighted by molar-refractivity contribution is 6.53. The maximum absolute atomic E-state index is 12.9. The lowest BCUT2D eigenvalue weighted by Gasteiger charge is -2.16. The predicted molar refractivity (Wildman–Crippen MR) is 131 cm³/mol. The van der Waals surface area contributed by atoms with Crippen LogP contribution >= 0.6 is 34.8 Å². The Kier molecular flexibility index (Phi) is 6.42. The summed E-state index contributed by atoms with van der Waals surface area (Å²) in [5, 5.41) is 6.22. The molecule has 9 heteroatoms. The fourth-order valence-electron chi connectivity index (χ4n) is 3.17. The summed E-state index contributed by atoms with van der Waals surface area (Å²) in [7, 11) is 0. The molecular weight excluding hydrogens is 485 g/mol. The van der Waals surface area contributed by atoms with Crippen LogP contribution in [0.25, 0.3) is 0 Å². The van der Waals surface area contributed by atoms with Crippen molar-refractivity contribution in [1.82, 2.24) is 0 Å². The number of hydrogen-bond donors (Lipinski definition) is 2. The van der Waals surface area contributed by atoms with E-state index in [4.69, 9.17) is 34.8 Å². The number of amides is 3. The number of aryl methyl sites for hydroxylation is 1. The van der Waals surface area contributed by atoms with Gasteiger partial charge in [0.1, 0.15) is 10.7 Å². The normalized spacial score (nSPS) is 13.5. The van der Waals surface area contributed by atoms with Crippen molar-refractivity contribution in [2.24, 2.45) is 0 Å². The highest BCUT2D eigenvalue weighted by Crippen LogP contribution is 2.32. The Morgan fingerprint density at radius 3 is 2.21 bits per heavy atom. The topological polar surface area (TPSA) is 78.5 Å². The largest absolute Gasteiger partial charge is 0.350 e. The average Bonchev–Trinajstić information content (AvgIpc) is 3.01. The molecule has 3 amide bonds. The van der Waals surface area contributed by atoms with Crippen LogP contribution in [0.3, 0.4) is 0 Å². The van der Waals surface area contributed by atoms with Gasteiger partial charge in [-0.15, -0.1) is 0 Å². The van der Waals surface area contributed by atoms with E-state index in [0.717, 1.165) is 10.5 Å². The summed E-state index contributed by atoms with van der Waals surface area (Å²) >= 11 is 18.4. The van der Waals surface area contributed by atoms with Crippen LogP contribution in [0.2, 0.25) is 10.0 Å². The number of carbonyl (C=O) groups excluding carboxylic acids is 3. The van der Waals surface area contributed by atoms with Crippen LogP contribution in [0, 0.1) is 6.92 Å². The Hall–Kier alpha value is -3.32. The molecule has 0 saturated carbocycles. The molecule has 0 saturated heterocycles. The van der Waals surface area contributed by atoms with Crippen molar-refractivity contribution in [3.8, 4) is 0 Å². The van der Waals surface area contributed by atoms with Crippen LogP contribution in [-0.2, 0) is 9.59 Å². The zero-order chi connectivity index (χ0) is 23.7. The third kappa shape index (κ3) is 4.59. The maximum Gasteiger partial charge on any atom is 0.283 e. The molecule has 0 bridgehead atoms. The molecule has 0 unspecified atom stereocenters. The zero-order valence-corrected chi connectivity index (χ0v) is 19.4. The molecule has 0 spiro atoms. The highest BCUT2D eigenvalue weighted by atomic mass is 35.5. The number of hydrogen-bond acceptors (Lipinski definition) is 4. The lowest BCUT2D eigenvalue weighted by molar-refractivity contribution is -0.120. The van der Waals surface area contributed by atoms with Gasteiger partial charge < -0.3 is 10.6 Å². The number of halogens is 3. The molecule has 0 aromatic heterocycles. The van der Waals surface area contributed by atoms with Crippen molar-refractivity contribution in [1.29, 1.82) is 0 Å². The van der Waals surface area contributed by atoms with Crippen LogP contribution in [0.5, 0.6) is 0 Å². The lowest BCUT2D eigenvalue weighted by Crippen LogP contribution is -2.32.